The second kappa shape index (κ2) is 7.30. The third kappa shape index (κ3) is 3.46. The smallest absolute Gasteiger partial charge is 0.0643 e. The van der Waals surface area contributed by atoms with E-state index in [9.17, 15) is 5.11 Å². The molecule has 1 aliphatic rings. The highest BCUT2D eigenvalue weighted by atomic mass is 35.5. The van der Waals surface area contributed by atoms with Gasteiger partial charge in [-0.05, 0) is 50.4 Å². The average molecular weight is 297 g/mol. The Hall–Kier alpha value is -0.770. The first-order valence-corrected chi connectivity index (χ1v) is 7.95. The van der Waals surface area contributed by atoms with Gasteiger partial charge in [0.2, 0.25) is 0 Å². The molecule has 3 nitrogen and oxygen atoms in total. The van der Waals surface area contributed by atoms with Crippen LogP contribution in [0.3, 0.4) is 0 Å². The van der Waals surface area contributed by atoms with Crippen molar-refractivity contribution in [2.75, 3.05) is 24.6 Å². The Morgan fingerprint density at radius 3 is 2.95 bits per heavy atom. The van der Waals surface area contributed by atoms with Gasteiger partial charge in [0.1, 0.15) is 0 Å². The fourth-order valence-electron chi connectivity index (χ4n) is 2.85. The number of benzene rings is 1. The van der Waals surface area contributed by atoms with Crippen molar-refractivity contribution in [3.63, 3.8) is 0 Å². The summed E-state index contributed by atoms with van der Waals surface area (Å²) < 4.78 is 0. The van der Waals surface area contributed by atoms with Gasteiger partial charge in [-0.25, -0.2) is 0 Å². The van der Waals surface area contributed by atoms with Gasteiger partial charge < -0.3 is 15.3 Å². The number of hydrogen-bond acceptors (Lipinski definition) is 3. The fourth-order valence-corrected chi connectivity index (χ4v) is 3.14. The Labute approximate surface area is 126 Å². The second-order valence-corrected chi connectivity index (χ2v) is 5.97. The summed E-state index contributed by atoms with van der Waals surface area (Å²) in [4.78, 5) is 2.23. The SMILES string of the molecule is CCCNC(C)c1ccc(N2CCCC2CO)c(Cl)c1. The number of nitrogens with zero attached hydrogens (tertiary/aromatic N) is 1. The fraction of sp³-hybridized carbons (Fsp3) is 0.625. The minimum Gasteiger partial charge on any atom is -0.394 e. The zero-order chi connectivity index (χ0) is 14.5. The Morgan fingerprint density at radius 1 is 1.50 bits per heavy atom. The van der Waals surface area contributed by atoms with Crippen LogP contribution >= 0.6 is 11.6 Å². The Kier molecular flexibility index (Phi) is 5.70. The number of halogens is 1. The summed E-state index contributed by atoms with van der Waals surface area (Å²) in [6.45, 7) is 6.52. The van der Waals surface area contributed by atoms with E-state index in [1.165, 1.54) is 5.56 Å². The lowest BCUT2D eigenvalue weighted by Crippen LogP contribution is -2.32. The van der Waals surface area contributed by atoms with E-state index in [0.29, 0.717) is 6.04 Å². The van der Waals surface area contributed by atoms with Crippen molar-refractivity contribution in [3.05, 3.63) is 28.8 Å². The summed E-state index contributed by atoms with van der Waals surface area (Å²) in [6, 6.07) is 6.82. The molecule has 1 aromatic rings. The van der Waals surface area contributed by atoms with Crippen LogP contribution in [-0.2, 0) is 0 Å². The van der Waals surface area contributed by atoms with Crippen LogP contribution in [0.4, 0.5) is 5.69 Å². The molecule has 1 fully saturated rings. The predicted molar refractivity (Wildman–Crippen MR) is 85.6 cm³/mol. The average Bonchev–Trinajstić information content (AvgIpc) is 2.92. The summed E-state index contributed by atoms with van der Waals surface area (Å²) >= 11 is 6.46. The summed E-state index contributed by atoms with van der Waals surface area (Å²) in [6.07, 6.45) is 3.29. The molecule has 2 unspecified atom stereocenters. The molecule has 0 radical (unpaired) electrons. The van der Waals surface area contributed by atoms with Crippen LogP contribution in [0.5, 0.6) is 0 Å². The van der Waals surface area contributed by atoms with E-state index in [4.69, 9.17) is 11.6 Å². The van der Waals surface area contributed by atoms with Gasteiger partial charge in [0.15, 0.2) is 0 Å². The Bertz CT molecular complexity index is 438. The molecule has 4 heteroatoms. The Morgan fingerprint density at radius 2 is 2.30 bits per heavy atom. The standard InChI is InChI=1S/C16H25ClN2O/c1-3-8-18-12(2)13-6-7-16(15(17)10-13)19-9-4-5-14(19)11-20/h6-7,10,12,14,18,20H,3-5,8-9,11H2,1-2H3. The minimum atomic E-state index is 0.201. The lowest BCUT2D eigenvalue weighted by atomic mass is 10.1. The quantitative estimate of drug-likeness (QED) is 0.845. The molecule has 0 spiro atoms. The molecular formula is C16H25ClN2O. The van der Waals surface area contributed by atoms with E-state index in [1.54, 1.807) is 0 Å². The first-order valence-electron chi connectivity index (χ1n) is 7.57. The molecule has 0 bridgehead atoms. The van der Waals surface area contributed by atoms with Crippen molar-refractivity contribution < 1.29 is 5.11 Å². The van der Waals surface area contributed by atoms with Gasteiger partial charge >= 0.3 is 0 Å². The second-order valence-electron chi connectivity index (χ2n) is 5.56. The summed E-state index contributed by atoms with van der Waals surface area (Å²) in [5, 5.41) is 13.7. The highest BCUT2D eigenvalue weighted by molar-refractivity contribution is 6.33. The summed E-state index contributed by atoms with van der Waals surface area (Å²) in [5.74, 6) is 0. The van der Waals surface area contributed by atoms with E-state index >= 15 is 0 Å². The molecule has 0 saturated carbocycles. The van der Waals surface area contributed by atoms with E-state index in [-0.39, 0.29) is 12.6 Å². The van der Waals surface area contributed by atoms with Crippen molar-refractivity contribution >= 4 is 17.3 Å². The van der Waals surface area contributed by atoms with Gasteiger partial charge in [0.25, 0.3) is 0 Å². The third-order valence-corrected chi connectivity index (χ3v) is 4.37. The van der Waals surface area contributed by atoms with Crippen molar-refractivity contribution in [1.29, 1.82) is 0 Å². The monoisotopic (exact) mass is 296 g/mol. The van der Waals surface area contributed by atoms with Crippen molar-refractivity contribution in [2.45, 2.75) is 45.2 Å². The molecule has 1 aliphatic heterocycles. The maximum atomic E-state index is 9.43. The predicted octanol–water partition coefficient (Wildman–Crippen LogP) is 3.36. The number of hydrogen-bond donors (Lipinski definition) is 2. The van der Waals surface area contributed by atoms with E-state index in [1.807, 2.05) is 0 Å². The van der Waals surface area contributed by atoms with Gasteiger partial charge in [-0.15, -0.1) is 0 Å². The highest BCUT2D eigenvalue weighted by Gasteiger charge is 2.25. The van der Waals surface area contributed by atoms with Gasteiger partial charge in [0.05, 0.1) is 23.4 Å². The van der Waals surface area contributed by atoms with E-state index in [0.717, 1.165) is 43.1 Å². The van der Waals surface area contributed by atoms with Crippen LogP contribution in [0.15, 0.2) is 18.2 Å². The van der Waals surface area contributed by atoms with Crippen LogP contribution in [0.2, 0.25) is 5.02 Å². The molecule has 0 aromatic heterocycles. The zero-order valence-electron chi connectivity index (χ0n) is 12.4. The number of aliphatic hydroxyl groups is 1. The van der Waals surface area contributed by atoms with Crippen LogP contribution < -0.4 is 10.2 Å². The molecule has 0 aliphatic carbocycles. The first-order chi connectivity index (χ1) is 9.67. The maximum absolute atomic E-state index is 9.43. The summed E-state index contributed by atoms with van der Waals surface area (Å²) in [7, 11) is 0. The normalized spacial score (nSPS) is 20.4. The number of anilines is 1. The van der Waals surface area contributed by atoms with Crippen LogP contribution in [0.25, 0.3) is 0 Å². The van der Waals surface area contributed by atoms with E-state index < -0.39 is 0 Å². The van der Waals surface area contributed by atoms with Gasteiger partial charge in [-0.2, -0.15) is 0 Å². The van der Waals surface area contributed by atoms with Crippen molar-refractivity contribution in [2.24, 2.45) is 0 Å². The van der Waals surface area contributed by atoms with Crippen LogP contribution in [0.1, 0.15) is 44.7 Å². The molecule has 1 aromatic carbocycles. The first kappa shape index (κ1) is 15.6. The van der Waals surface area contributed by atoms with Gasteiger partial charge in [-0.3, -0.25) is 0 Å². The lowest BCUT2D eigenvalue weighted by Gasteiger charge is -2.27. The molecule has 20 heavy (non-hydrogen) atoms. The molecule has 1 heterocycles. The molecule has 2 N–H and O–H groups in total. The van der Waals surface area contributed by atoms with Crippen molar-refractivity contribution in [3.8, 4) is 0 Å². The molecular weight excluding hydrogens is 272 g/mol. The van der Waals surface area contributed by atoms with Gasteiger partial charge in [-0.1, -0.05) is 24.6 Å². The van der Waals surface area contributed by atoms with Gasteiger partial charge in [0, 0.05) is 12.6 Å². The van der Waals surface area contributed by atoms with Crippen LogP contribution in [-0.4, -0.2) is 30.8 Å². The number of aliphatic hydroxyl groups excluding tert-OH is 1. The minimum absolute atomic E-state index is 0.201. The maximum Gasteiger partial charge on any atom is 0.0643 e. The molecule has 2 rings (SSSR count). The molecule has 112 valence electrons. The largest absolute Gasteiger partial charge is 0.394 e. The van der Waals surface area contributed by atoms with E-state index in [2.05, 4.69) is 42.3 Å². The highest BCUT2D eigenvalue weighted by Crippen LogP contribution is 2.33. The third-order valence-electron chi connectivity index (χ3n) is 4.07. The number of nitrogens with one attached hydrogen (secondary N) is 1. The lowest BCUT2D eigenvalue weighted by molar-refractivity contribution is 0.266. The summed E-state index contributed by atoms with van der Waals surface area (Å²) in [5.41, 5.74) is 2.27. The van der Waals surface area contributed by atoms with Crippen molar-refractivity contribution in [1.82, 2.24) is 5.32 Å². The van der Waals surface area contributed by atoms with Crippen LogP contribution in [0, 0.1) is 0 Å². The zero-order valence-corrected chi connectivity index (χ0v) is 13.2. The Balaban J connectivity index is 2.13. The topological polar surface area (TPSA) is 35.5 Å². The number of rotatable bonds is 6. The molecule has 0 amide bonds. The molecule has 2 atom stereocenters. The molecule has 1 saturated heterocycles.